The van der Waals surface area contributed by atoms with Crippen LogP contribution in [0.1, 0.15) is 67.4 Å². The summed E-state index contributed by atoms with van der Waals surface area (Å²) >= 11 is 6.25. The Morgan fingerprint density at radius 2 is 1.73 bits per heavy atom. The lowest BCUT2D eigenvalue weighted by atomic mass is 9.72. The summed E-state index contributed by atoms with van der Waals surface area (Å²) in [6.45, 7) is 11.1. The molecular weight excluding hydrogens is 826 g/mol. The van der Waals surface area contributed by atoms with E-state index in [-0.39, 0.29) is 28.1 Å². The van der Waals surface area contributed by atoms with Gasteiger partial charge in [-0.05, 0) is 123 Å². The average Bonchev–Trinajstić information content (AvgIpc) is 3.75. The number of nitro benzene ring substituents is 1. The van der Waals surface area contributed by atoms with Crippen molar-refractivity contribution in [1.82, 2.24) is 14.5 Å². The van der Waals surface area contributed by atoms with E-state index in [1.54, 1.807) is 30.5 Å². The van der Waals surface area contributed by atoms with Gasteiger partial charge in [-0.3, -0.25) is 24.8 Å². The normalized spacial score (nSPS) is 18.4. The highest BCUT2D eigenvalue weighted by Crippen LogP contribution is 2.44. The van der Waals surface area contributed by atoms with Crippen LogP contribution in [0.15, 0.2) is 94.3 Å². The number of benzene rings is 4. The minimum atomic E-state index is -4.54. The van der Waals surface area contributed by atoms with E-state index in [0.717, 1.165) is 100 Å². The molecule has 0 aromatic heterocycles. The van der Waals surface area contributed by atoms with E-state index in [4.69, 9.17) is 16.3 Å². The molecular formula is C47H54ClN7O6S. The number of allylic oxidation sites excluding steroid dienone is 1. The smallest absolute Gasteiger partial charge is 0.293 e. The second kappa shape index (κ2) is 18.2. The molecule has 2 fully saturated rings. The highest BCUT2D eigenvalue weighted by Gasteiger charge is 2.31. The van der Waals surface area contributed by atoms with Crippen molar-refractivity contribution < 1.29 is 22.9 Å². The van der Waals surface area contributed by atoms with E-state index in [0.29, 0.717) is 30.3 Å². The molecule has 0 saturated carbocycles. The van der Waals surface area contributed by atoms with Gasteiger partial charge < -0.3 is 19.9 Å². The Hall–Kier alpha value is -5.28. The summed E-state index contributed by atoms with van der Waals surface area (Å²) in [5, 5.41) is 16.0. The molecule has 3 aliphatic heterocycles. The molecule has 0 radical (unpaired) electrons. The fraction of sp³-hybridized carbons (Fsp3) is 0.404. The number of amides is 1. The topological polar surface area (TPSA) is 150 Å². The number of fused-ring (bicyclic) bond motifs is 1. The summed E-state index contributed by atoms with van der Waals surface area (Å²) in [5.41, 5.74) is 6.64. The largest absolute Gasteiger partial charge is 0.454 e. The maximum Gasteiger partial charge on any atom is 0.293 e. The third-order valence-corrected chi connectivity index (χ3v) is 14.3. The van der Waals surface area contributed by atoms with Crippen molar-refractivity contribution in [3.63, 3.8) is 0 Å². The van der Waals surface area contributed by atoms with E-state index < -0.39 is 25.7 Å². The lowest BCUT2D eigenvalue weighted by Crippen LogP contribution is -2.47. The number of nitrogens with zero attached hydrogens (tertiary/aromatic N) is 5. The van der Waals surface area contributed by atoms with Gasteiger partial charge in [0.25, 0.3) is 21.6 Å². The number of nitro groups is 1. The number of hydrogen-bond donors (Lipinski definition) is 2. The maximum atomic E-state index is 14.0. The van der Waals surface area contributed by atoms with Gasteiger partial charge in [0, 0.05) is 74.7 Å². The van der Waals surface area contributed by atoms with Crippen molar-refractivity contribution >= 4 is 62.1 Å². The molecule has 13 nitrogen and oxygen atoms in total. The summed E-state index contributed by atoms with van der Waals surface area (Å²) in [4.78, 5) is 36.6. The number of nitrogens with one attached hydrogen (secondary N) is 2. The molecule has 4 aliphatic rings. The van der Waals surface area contributed by atoms with Gasteiger partial charge in [0.2, 0.25) is 0 Å². The van der Waals surface area contributed by atoms with Crippen LogP contribution in [0.25, 0.3) is 5.57 Å². The molecule has 0 atom stereocenters. The quantitative estimate of drug-likeness (QED) is 0.0985. The maximum absolute atomic E-state index is 14.0. The van der Waals surface area contributed by atoms with Crippen molar-refractivity contribution in [2.24, 2.45) is 16.3 Å². The Morgan fingerprint density at radius 3 is 2.47 bits per heavy atom. The van der Waals surface area contributed by atoms with Gasteiger partial charge >= 0.3 is 0 Å². The zero-order valence-corrected chi connectivity index (χ0v) is 37.1. The second-order valence-electron chi connectivity index (χ2n) is 17.8. The van der Waals surface area contributed by atoms with Crippen molar-refractivity contribution in [3.05, 3.63) is 116 Å². The number of carbonyl (C=O) groups excluding carboxylic acids is 1. The molecule has 1 aliphatic carbocycles. The van der Waals surface area contributed by atoms with Gasteiger partial charge in [-0.15, -0.1) is 0 Å². The molecule has 4 aromatic carbocycles. The summed E-state index contributed by atoms with van der Waals surface area (Å²) in [6.07, 6.45) is 7.58. The Kier molecular flexibility index (Phi) is 12.7. The lowest BCUT2D eigenvalue weighted by Gasteiger charge is -2.39. The number of para-hydroxylation sites is 1. The number of rotatable bonds is 13. The molecule has 0 spiro atoms. The molecule has 1 amide bonds. The minimum absolute atomic E-state index is 0.0108. The Bertz CT molecular complexity index is 2510. The van der Waals surface area contributed by atoms with Crippen molar-refractivity contribution in [3.8, 4) is 11.5 Å². The summed E-state index contributed by atoms with van der Waals surface area (Å²) in [5.74, 6) is 0.0151. The number of anilines is 2. The molecule has 62 heavy (non-hydrogen) atoms. The number of carbonyl (C=O) groups is 1. The fourth-order valence-electron chi connectivity index (χ4n) is 8.93. The number of likely N-dealkylation sites (tertiary alicyclic amines) is 1. The number of ether oxygens (including phenoxy) is 1. The van der Waals surface area contributed by atoms with Crippen LogP contribution in [0, 0.1) is 21.4 Å². The van der Waals surface area contributed by atoms with Gasteiger partial charge in [0.15, 0.2) is 5.75 Å². The van der Waals surface area contributed by atoms with Crippen LogP contribution in [-0.4, -0.2) is 94.7 Å². The Morgan fingerprint density at radius 1 is 0.968 bits per heavy atom. The van der Waals surface area contributed by atoms with Crippen molar-refractivity contribution in [2.75, 3.05) is 69.6 Å². The Balaban J connectivity index is 1.00. The lowest BCUT2D eigenvalue weighted by molar-refractivity contribution is -0.384. The van der Waals surface area contributed by atoms with Crippen molar-refractivity contribution in [2.45, 2.75) is 57.3 Å². The van der Waals surface area contributed by atoms with E-state index in [9.17, 15) is 23.3 Å². The van der Waals surface area contributed by atoms with Crippen LogP contribution in [-0.2, 0) is 16.4 Å². The molecule has 2 N–H and O–H groups in total. The third kappa shape index (κ3) is 9.99. The van der Waals surface area contributed by atoms with Crippen molar-refractivity contribution in [1.29, 1.82) is 0 Å². The van der Waals surface area contributed by atoms with Crippen LogP contribution >= 0.6 is 11.6 Å². The molecule has 2 saturated heterocycles. The van der Waals surface area contributed by atoms with Gasteiger partial charge in [-0.2, -0.15) is 0 Å². The predicted octanol–water partition coefficient (Wildman–Crippen LogP) is 8.96. The SMILES string of the molecule is CN1CCC(CNc2ccc(S(=O)(=O)NC(=O)c3ccc(N4CCN(CC5=C(c6ccc(Cl)cc6)CC(C)(C)CC5)CC4)cc3Oc3cccc4c3N=CC4)cc2[N+](=O)[O-])CC1. The molecule has 0 unspecified atom stereocenters. The molecule has 4 aromatic rings. The number of halogens is 1. The first kappa shape index (κ1) is 43.4. The molecule has 8 rings (SSSR count). The van der Waals surface area contributed by atoms with Gasteiger partial charge in [0.1, 0.15) is 17.1 Å². The standard InChI is InChI=1S/C47H54ClN7O6S/c1-47(2)19-15-35(40(29-47)33-7-9-36(48)10-8-33)31-53-23-25-54(26-24-53)37-11-13-39(44(27-37)61-43-6-4-5-34-16-20-49-45(34)43)46(56)51-62(59,60)38-12-14-41(42(28-38)55(57)58)50-30-32-17-21-52(3)22-18-32/h4-14,20,27-28,32,50H,15-19,21-26,29-31H2,1-3H3,(H,51,56). The second-order valence-corrected chi connectivity index (χ2v) is 19.9. The molecule has 3 heterocycles. The third-order valence-electron chi connectivity index (χ3n) is 12.7. The minimum Gasteiger partial charge on any atom is -0.454 e. The van der Waals surface area contributed by atoms with Crippen LogP contribution in [0.3, 0.4) is 0 Å². The molecule has 15 heteroatoms. The first-order chi connectivity index (χ1) is 29.7. The molecule has 326 valence electrons. The highest BCUT2D eigenvalue weighted by molar-refractivity contribution is 7.90. The number of hydrogen-bond acceptors (Lipinski definition) is 11. The number of piperazine rings is 1. The number of sulfonamides is 1. The van der Waals surface area contributed by atoms with Crippen LogP contribution < -0.4 is 19.7 Å². The molecule has 0 bridgehead atoms. The zero-order valence-electron chi connectivity index (χ0n) is 35.5. The first-order valence-electron chi connectivity index (χ1n) is 21.4. The monoisotopic (exact) mass is 879 g/mol. The first-order valence-corrected chi connectivity index (χ1v) is 23.3. The summed E-state index contributed by atoms with van der Waals surface area (Å²) in [6, 6.07) is 22.6. The van der Waals surface area contributed by atoms with Gasteiger partial charge in [-0.25, -0.2) is 13.1 Å². The predicted molar refractivity (Wildman–Crippen MR) is 246 cm³/mol. The fourth-order valence-corrected chi connectivity index (χ4v) is 10.0. The summed E-state index contributed by atoms with van der Waals surface area (Å²) < 4.78 is 36.1. The Labute approximate surface area is 369 Å². The number of piperidine rings is 1. The van der Waals surface area contributed by atoms with Crippen LogP contribution in [0.2, 0.25) is 5.02 Å². The number of aliphatic imine (C=N–C) groups is 1. The van der Waals surface area contributed by atoms with E-state index in [1.165, 1.54) is 28.8 Å². The van der Waals surface area contributed by atoms with E-state index >= 15 is 0 Å². The average molecular weight is 881 g/mol. The van der Waals surface area contributed by atoms with E-state index in [2.05, 4.69) is 62.8 Å². The van der Waals surface area contributed by atoms with E-state index in [1.807, 2.05) is 24.3 Å². The van der Waals surface area contributed by atoms with Gasteiger partial charge in [0.05, 0.1) is 15.4 Å². The highest BCUT2D eigenvalue weighted by atomic mass is 35.5. The summed E-state index contributed by atoms with van der Waals surface area (Å²) in [7, 11) is -2.48. The van der Waals surface area contributed by atoms with Crippen LogP contribution in [0.5, 0.6) is 11.5 Å². The zero-order chi connectivity index (χ0) is 43.6. The van der Waals surface area contributed by atoms with Crippen LogP contribution in [0.4, 0.5) is 22.7 Å². The van der Waals surface area contributed by atoms with Gasteiger partial charge in [-0.1, -0.05) is 55.3 Å².